The lowest BCUT2D eigenvalue weighted by molar-refractivity contribution is -0.143. The van der Waals surface area contributed by atoms with Crippen LogP contribution in [0.2, 0.25) is 0 Å². The Labute approximate surface area is 241 Å². The standard InChI is InChI=1S/C27H36N8O7/c1-14-6-7-18(31-14)20-10-17(15(2)32-20)24(38)34-22(11-23(36)37)26(40)35-21(9-16-12-29-13-30-16)25(39)33-19(27(41)42)5-3-4-8-28/h6-7,10,12-13,19,21-22,31-32H,3-5,8-9,11,28H2,1-2H3,(H,29,30)(H,33,39)(H,34,38)(H,35,40)(H,36,37)(H,41,42). The maximum absolute atomic E-state index is 13.3. The van der Waals surface area contributed by atoms with Gasteiger partial charge in [-0.15, -0.1) is 0 Å². The number of carboxylic acid groups (broad SMARTS) is 2. The largest absolute Gasteiger partial charge is 0.481 e. The first kappa shape index (κ1) is 31.6. The third kappa shape index (κ3) is 8.79. The van der Waals surface area contributed by atoms with Gasteiger partial charge < -0.3 is 46.8 Å². The SMILES string of the molecule is Cc1ccc(-c2cc(C(=O)NC(CC(=O)O)C(=O)NC(Cc3cnc[nH]3)C(=O)NC(CCCCN)C(=O)O)c(C)[nH]2)[nH]1. The second-order valence-corrected chi connectivity index (χ2v) is 9.93. The number of amides is 3. The third-order valence-corrected chi connectivity index (χ3v) is 6.56. The van der Waals surface area contributed by atoms with Crippen LogP contribution in [0.4, 0.5) is 0 Å². The zero-order valence-corrected chi connectivity index (χ0v) is 23.3. The van der Waals surface area contributed by atoms with Crippen LogP contribution in [0.1, 0.15) is 53.1 Å². The predicted molar refractivity (Wildman–Crippen MR) is 150 cm³/mol. The number of carbonyl (C=O) groups excluding carboxylic acids is 3. The molecule has 0 fully saturated rings. The maximum atomic E-state index is 13.3. The van der Waals surface area contributed by atoms with E-state index in [0.717, 1.165) is 11.4 Å². The molecule has 0 spiro atoms. The van der Waals surface area contributed by atoms with Crippen molar-refractivity contribution in [3.05, 3.63) is 53.4 Å². The molecular weight excluding hydrogens is 548 g/mol. The van der Waals surface area contributed by atoms with Gasteiger partial charge in [0.2, 0.25) is 11.8 Å². The molecule has 3 unspecified atom stereocenters. The molecule has 3 heterocycles. The van der Waals surface area contributed by atoms with Crippen molar-refractivity contribution in [1.29, 1.82) is 0 Å². The molecule has 0 saturated carbocycles. The van der Waals surface area contributed by atoms with Gasteiger partial charge in [-0.25, -0.2) is 9.78 Å². The second-order valence-electron chi connectivity index (χ2n) is 9.93. The highest BCUT2D eigenvalue weighted by Crippen LogP contribution is 2.21. The molecule has 42 heavy (non-hydrogen) atoms. The Kier molecular flexibility index (Phi) is 11.0. The van der Waals surface area contributed by atoms with E-state index in [4.69, 9.17) is 5.73 Å². The normalized spacial score (nSPS) is 13.1. The van der Waals surface area contributed by atoms with Crippen molar-refractivity contribution in [2.75, 3.05) is 6.54 Å². The monoisotopic (exact) mass is 584 g/mol. The van der Waals surface area contributed by atoms with Gasteiger partial charge in [0.05, 0.1) is 29.7 Å². The van der Waals surface area contributed by atoms with Crippen LogP contribution in [0.5, 0.6) is 0 Å². The fourth-order valence-corrected chi connectivity index (χ4v) is 4.34. The average Bonchev–Trinajstić information content (AvgIpc) is 3.68. The summed E-state index contributed by atoms with van der Waals surface area (Å²) < 4.78 is 0. The van der Waals surface area contributed by atoms with Gasteiger partial charge in [0, 0.05) is 29.7 Å². The van der Waals surface area contributed by atoms with Crippen LogP contribution in [-0.2, 0) is 25.6 Å². The van der Waals surface area contributed by atoms with E-state index < -0.39 is 54.2 Å². The zero-order chi connectivity index (χ0) is 30.8. The number of rotatable bonds is 16. The Bertz CT molecular complexity index is 1400. The smallest absolute Gasteiger partial charge is 0.326 e. The van der Waals surface area contributed by atoms with Crippen LogP contribution in [0.15, 0.2) is 30.7 Å². The topological polar surface area (TPSA) is 248 Å². The summed E-state index contributed by atoms with van der Waals surface area (Å²) in [6.07, 6.45) is 3.08. The van der Waals surface area contributed by atoms with Crippen LogP contribution in [0, 0.1) is 13.8 Å². The predicted octanol–water partition coefficient (Wildman–Crippen LogP) is 0.349. The van der Waals surface area contributed by atoms with Gasteiger partial charge in [0.15, 0.2) is 0 Å². The molecule has 3 rings (SSSR count). The van der Waals surface area contributed by atoms with Gasteiger partial charge in [-0.2, -0.15) is 0 Å². The molecule has 0 aliphatic heterocycles. The number of nitrogens with one attached hydrogen (secondary N) is 6. The van der Waals surface area contributed by atoms with Crippen molar-refractivity contribution in [2.24, 2.45) is 5.73 Å². The van der Waals surface area contributed by atoms with Crippen LogP contribution in [0.25, 0.3) is 11.4 Å². The highest BCUT2D eigenvalue weighted by Gasteiger charge is 2.31. The minimum atomic E-state index is -1.54. The quantitative estimate of drug-likeness (QED) is 0.105. The average molecular weight is 585 g/mol. The lowest BCUT2D eigenvalue weighted by Crippen LogP contribution is -2.56. The molecule has 3 amide bonds. The molecule has 10 N–H and O–H groups in total. The molecule has 0 aliphatic carbocycles. The number of hydrogen-bond donors (Lipinski definition) is 9. The number of unbranched alkanes of at least 4 members (excludes halogenated alkanes) is 1. The number of H-pyrrole nitrogens is 3. The Balaban J connectivity index is 1.78. The van der Waals surface area contributed by atoms with Crippen molar-refractivity contribution in [3.8, 4) is 11.4 Å². The number of aromatic nitrogens is 4. The number of aromatic amines is 3. The van der Waals surface area contributed by atoms with E-state index in [0.29, 0.717) is 36.5 Å². The molecular formula is C27H36N8O7. The first-order valence-electron chi connectivity index (χ1n) is 13.4. The van der Waals surface area contributed by atoms with Crippen LogP contribution >= 0.6 is 0 Å². The first-order chi connectivity index (χ1) is 20.0. The first-order valence-corrected chi connectivity index (χ1v) is 13.4. The molecule has 15 heteroatoms. The molecule has 0 radical (unpaired) electrons. The lowest BCUT2D eigenvalue weighted by Gasteiger charge is -2.24. The Morgan fingerprint density at radius 2 is 1.64 bits per heavy atom. The summed E-state index contributed by atoms with van der Waals surface area (Å²) in [4.78, 5) is 75.9. The number of aryl methyl sites for hydroxylation is 2. The number of carboxylic acids is 2. The minimum absolute atomic E-state index is 0.101. The Morgan fingerprint density at radius 3 is 2.24 bits per heavy atom. The summed E-state index contributed by atoms with van der Waals surface area (Å²) in [6, 6.07) is 1.20. The van der Waals surface area contributed by atoms with E-state index in [1.807, 2.05) is 19.1 Å². The number of aliphatic carboxylic acids is 2. The third-order valence-electron chi connectivity index (χ3n) is 6.56. The van der Waals surface area contributed by atoms with Crippen molar-refractivity contribution in [2.45, 2.75) is 64.1 Å². The summed E-state index contributed by atoms with van der Waals surface area (Å²) >= 11 is 0. The molecule has 3 aromatic rings. The van der Waals surface area contributed by atoms with Gasteiger partial charge in [0.25, 0.3) is 5.91 Å². The van der Waals surface area contributed by atoms with E-state index >= 15 is 0 Å². The van der Waals surface area contributed by atoms with E-state index in [1.165, 1.54) is 12.5 Å². The number of nitrogens with zero attached hydrogens (tertiary/aromatic N) is 1. The molecule has 15 nitrogen and oxygen atoms in total. The number of imidazole rings is 1. The maximum Gasteiger partial charge on any atom is 0.326 e. The Morgan fingerprint density at radius 1 is 0.929 bits per heavy atom. The van der Waals surface area contributed by atoms with Gasteiger partial charge in [-0.3, -0.25) is 19.2 Å². The molecule has 0 saturated heterocycles. The lowest BCUT2D eigenvalue weighted by atomic mass is 10.1. The molecule has 3 aromatic heterocycles. The summed E-state index contributed by atoms with van der Waals surface area (Å²) in [6.45, 7) is 3.91. The van der Waals surface area contributed by atoms with E-state index in [2.05, 4.69) is 35.9 Å². The highest BCUT2D eigenvalue weighted by molar-refractivity contribution is 6.01. The number of hydrogen-bond acceptors (Lipinski definition) is 7. The van der Waals surface area contributed by atoms with Gasteiger partial charge >= 0.3 is 11.9 Å². The fraction of sp³-hybridized carbons (Fsp3) is 0.407. The fourth-order valence-electron chi connectivity index (χ4n) is 4.34. The van der Waals surface area contributed by atoms with Crippen molar-refractivity contribution in [1.82, 2.24) is 35.9 Å². The summed E-state index contributed by atoms with van der Waals surface area (Å²) in [5.41, 5.74) is 8.91. The molecule has 0 bridgehead atoms. The van der Waals surface area contributed by atoms with Gasteiger partial charge in [0.1, 0.15) is 18.1 Å². The molecule has 3 atom stereocenters. The summed E-state index contributed by atoms with van der Waals surface area (Å²) in [7, 11) is 0. The zero-order valence-electron chi connectivity index (χ0n) is 23.3. The van der Waals surface area contributed by atoms with Crippen LogP contribution < -0.4 is 21.7 Å². The van der Waals surface area contributed by atoms with Gasteiger partial charge in [-0.05, 0) is 57.9 Å². The van der Waals surface area contributed by atoms with E-state index in [1.54, 1.807) is 13.0 Å². The van der Waals surface area contributed by atoms with E-state index in [-0.39, 0.29) is 18.4 Å². The molecule has 0 aromatic carbocycles. The molecule has 0 aliphatic rings. The summed E-state index contributed by atoms with van der Waals surface area (Å²) in [5, 5.41) is 26.4. The number of carbonyl (C=O) groups is 5. The van der Waals surface area contributed by atoms with Crippen LogP contribution in [0.3, 0.4) is 0 Å². The Hall–Kier alpha value is -4.92. The number of nitrogens with two attached hydrogens (primary N) is 1. The van der Waals surface area contributed by atoms with Crippen LogP contribution in [-0.4, -0.2) is 84.5 Å². The van der Waals surface area contributed by atoms with Gasteiger partial charge in [-0.1, -0.05) is 0 Å². The van der Waals surface area contributed by atoms with Crippen molar-refractivity contribution >= 4 is 29.7 Å². The second kappa shape index (κ2) is 14.6. The van der Waals surface area contributed by atoms with Crippen molar-refractivity contribution in [3.63, 3.8) is 0 Å². The van der Waals surface area contributed by atoms with E-state index in [9.17, 15) is 34.2 Å². The summed E-state index contributed by atoms with van der Waals surface area (Å²) in [5.74, 6) is -5.04. The van der Waals surface area contributed by atoms with Crippen molar-refractivity contribution < 1.29 is 34.2 Å². The highest BCUT2D eigenvalue weighted by atomic mass is 16.4. The minimum Gasteiger partial charge on any atom is -0.481 e. The molecule has 226 valence electrons.